The largest absolute Gasteiger partial charge is 0.356 e. The Hall–Kier alpha value is -2.44. The number of pyridine rings is 1. The molecule has 2 aromatic heterocycles. The quantitative estimate of drug-likeness (QED) is 0.852. The van der Waals surface area contributed by atoms with E-state index in [0.717, 1.165) is 57.7 Å². The van der Waals surface area contributed by atoms with Crippen LogP contribution in [0.5, 0.6) is 0 Å². The summed E-state index contributed by atoms with van der Waals surface area (Å²) < 4.78 is 1.89. The Morgan fingerprint density at radius 2 is 2.04 bits per heavy atom. The second kappa shape index (κ2) is 7.21. The van der Waals surface area contributed by atoms with Crippen LogP contribution in [0.3, 0.4) is 0 Å². The molecular formula is C18H24N6O. The molecule has 2 aliphatic heterocycles. The number of anilines is 1. The van der Waals surface area contributed by atoms with Gasteiger partial charge in [0.05, 0.1) is 12.0 Å². The summed E-state index contributed by atoms with van der Waals surface area (Å²) in [7, 11) is 0. The van der Waals surface area contributed by atoms with Crippen LogP contribution < -0.4 is 4.90 Å². The summed E-state index contributed by atoms with van der Waals surface area (Å²) in [6.45, 7) is 3.33. The third-order valence-corrected chi connectivity index (χ3v) is 5.26. The highest BCUT2D eigenvalue weighted by molar-refractivity contribution is 5.80. The Bertz CT molecular complexity index is 689. The van der Waals surface area contributed by atoms with Crippen molar-refractivity contribution in [2.75, 3.05) is 31.1 Å². The first-order valence-corrected chi connectivity index (χ1v) is 9.10. The van der Waals surface area contributed by atoms with Crippen molar-refractivity contribution in [3.8, 4) is 0 Å². The summed E-state index contributed by atoms with van der Waals surface area (Å²) in [5.41, 5.74) is 0. The van der Waals surface area contributed by atoms with Crippen molar-refractivity contribution in [1.82, 2.24) is 24.6 Å². The van der Waals surface area contributed by atoms with E-state index >= 15 is 0 Å². The van der Waals surface area contributed by atoms with Crippen molar-refractivity contribution in [2.45, 2.75) is 31.7 Å². The van der Waals surface area contributed by atoms with Crippen LogP contribution in [-0.4, -0.2) is 56.7 Å². The molecule has 1 amide bonds. The molecule has 7 heteroatoms. The summed E-state index contributed by atoms with van der Waals surface area (Å²) in [5.74, 6) is 1.31. The summed E-state index contributed by atoms with van der Waals surface area (Å²) in [5, 5.41) is 4.25. The van der Waals surface area contributed by atoms with Crippen molar-refractivity contribution >= 4 is 11.7 Å². The van der Waals surface area contributed by atoms with Gasteiger partial charge in [0.1, 0.15) is 18.5 Å². The number of nitrogens with zero attached hydrogens (tertiary/aromatic N) is 6. The van der Waals surface area contributed by atoms with E-state index in [2.05, 4.69) is 20.0 Å². The smallest absolute Gasteiger partial charge is 0.227 e. The van der Waals surface area contributed by atoms with Gasteiger partial charge in [-0.15, -0.1) is 0 Å². The molecule has 2 saturated heterocycles. The normalized spacial score (nSPS) is 24.3. The van der Waals surface area contributed by atoms with Gasteiger partial charge in [-0.1, -0.05) is 6.07 Å². The van der Waals surface area contributed by atoms with E-state index < -0.39 is 0 Å². The zero-order chi connectivity index (χ0) is 17.1. The van der Waals surface area contributed by atoms with Crippen LogP contribution >= 0.6 is 0 Å². The van der Waals surface area contributed by atoms with Gasteiger partial charge in [0.15, 0.2) is 0 Å². The van der Waals surface area contributed by atoms with Gasteiger partial charge >= 0.3 is 0 Å². The Labute approximate surface area is 147 Å². The lowest BCUT2D eigenvalue weighted by molar-refractivity contribution is -0.137. The molecule has 25 heavy (non-hydrogen) atoms. The summed E-state index contributed by atoms with van der Waals surface area (Å²) in [6.07, 6.45) is 9.20. The molecular weight excluding hydrogens is 316 g/mol. The lowest BCUT2D eigenvalue weighted by atomic mass is 9.95. The monoisotopic (exact) mass is 340 g/mol. The lowest BCUT2D eigenvalue weighted by Gasteiger charge is -2.38. The van der Waals surface area contributed by atoms with E-state index in [9.17, 15) is 4.79 Å². The standard InChI is InChI=1S/C18H24N6O/c25-18(23-10-4-6-16(12-23)24-14-19-13-21-24)15-5-3-9-22(11-15)17-7-1-2-8-20-17/h1-2,7-8,13-16H,3-6,9-12H2/t15-,16+/m1/s1. The van der Waals surface area contributed by atoms with Crippen molar-refractivity contribution < 1.29 is 4.79 Å². The maximum absolute atomic E-state index is 13.1. The molecule has 4 heterocycles. The fourth-order valence-electron chi connectivity index (χ4n) is 3.96. The van der Waals surface area contributed by atoms with Gasteiger partial charge in [-0.2, -0.15) is 5.10 Å². The molecule has 0 spiro atoms. The molecule has 0 aromatic carbocycles. The Kier molecular flexibility index (Phi) is 4.63. The minimum Gasteiger partial charge on any atom is -0.356 e. The van der Waals surface area contributed by atoms with Crippen LogP contribution in [0.4, 0.5) is 5.82 Å². The topological polar surface area (TPSA) is 67.2 Å². The van der Waals surface area contributed by atoms with Crippen LogP contribution in [0.25, 0.3) is 0 Å². The molecule has 2 atom stereocenters. The number of hydrogen-bond donors (Lipinski definition) is 0. The number of carbonyl (C=O) groups excluding carboxylic acids is 1. The fraction of sp³-hybridized carbons (Fsp3) is 0.556. The molecule has 2 fully saturated rings. The molecule has 0 N–H and O–H groups in total. The zero-order valence-electron chi connectivity index (χ0n) is 14.4. The van der Waals surface area contributed by atoms with Crippen LogP contribution in [0.2, 0.25) is 0 Å². The molecule has 0 saturated carbocycles. The predicted octanol–water partition coefficient (Wildman–Crippen LogP) is 1.75. The molecule has 132 valence electrons. The van der Waals surface area contributed by atoms with Crippen LogP contribution in [0.1, 0.15) is 31.7 Å². The van der Waals surface area contributed by atoms with Crippen molar-refractivity contribution in [1.29, 1.82) is 0 Å². The van der Waals surface area contributed by atoms with E-state index in [1.165, 1.54) is 0 Å². The minimum absolute atomic E-state index is 0.0604. The molecule has 0 aliphatic carbocycles. The Morgan fingerprint density at radius 3 is 2.84 bits per heavy atom. The lowest BCUT2D eigenvalue weighted by Crippen LogP contribution is -2.48. The summed E-state index contributed by atoms with van der Waals surface area (Å²) in [6, 6.07) is 6.19. The first-order chi connectivity index (χ1) is 12.3. The highest BCUT2D eigenvalue weighted by atomic mass is 16.2. The van der Waals surface area contributed by atoms with Gasteiger partial charge in [-0.25, -0.2) is 14.6 Å². The predicted molar refractivity (Wildman–Crippen MR) is 94.0 cm³/mol. The maximum atomic E-state index is 13.1. The molecule has 2 aromatic rings. The third-order valence-electron chi connectivity index (χ3n) is 5.26. The molecule has 4 rings (SSSR count). The highest BCUT2D eigenvalue weighted by Gasteiger charge is 2.32. The highest BCUT2D eigenvalue weighted by Crippen LogP contribution is 2.26. The van der Waals surface area contributed by atoms with Gasteiger partial charge in [-0.05, 0) is 37.8 Å². The van der Waals surface area contributed by atoms with E-state index in [-0.39, 0.29) is 17.9 Å². The molecule has 0 radical (unpaired) electrons. The maximum Gasteiger partial charge on any atom is 0.227 e. The van der Waals surface area contributed by atoms with Crippen LogP contribution in [0, 0.1) is 5.92 Å². The van der Waals surface area contributed by atoms with E-state index in [4.69, 9.17) is 0 Å². The molecule has 7 nitrogen and oxygen atoms in total. The van der Waals surface area contributed by atoms with E-state index in [0.29, 0.717) is 0 Å². The first kappa shape index (κ1) is 16.1. The first-order valence-electron chi connectivity index (χ1n) is 9.10. The van der Waals surface area contributed by atoms with Crippen molar-refractivity contribution in [2.24, 2.45) is 5.92 Å². The van der Waals surface area contributed by atoms with Gasteiger partial charge in [0, 0.05) is 32.4 Å². The van der Waals surface area contributed by atoms with Crippen LogP contribution in [0.15, 0.2) is 37.1 Å². The molecule has 2 aliphatic rings. The number of hydrogen-bond acceptors (Lipinski definition) is 5. The van der Waals surface area contributed by atoms with E-state index in [1.807, 2.05) is 34.0 Å². The number of amides is 1. The number of aromatic nitrogens is 4. The SMILES string of the molecule is O=C([C@@H]1CCCN(c2ccccn2)C1)N1CCC[C@H](n2cncn2)C1. The number of piperidine rings is 2. The average Bonchev–Trinajstić information content (AvgIpc) is 3.23. The summed E-state index contributed by atoms with van der Waals surface area (Å²) in [4.78, 5) is 25.8. The third kappa shape index (κ3) is 3.50. The number of carbonyl (C=O) groups is 1. The van der Waals surface area contributed by atoms with Crippen LogP contribution in [-0.2, 0) is 4.79 Å². The second-order valence-electron chi connectivity index (χ2n) is 6.93. The van der Waals surface area contributed by atoms with Crippen molar-refractivity contribution in [3.05, 3.63) is 37.1 Å². The minimum atomic E-state index is 0.0604. The zero-order valence-corrected chi connectivity index (χ0v) is 14.4. The van der Waals surface area contributed by atoms with E-state index in [1.54, 1.807) is 12.7 Å². The Morgan fingerprint density at radius 1 is 1.12 bits per heavy atom. The number of likely N-dealkylation sites (tertiary alicyclic amines) is 1. The van der Waals surface area contributed by atoms with Gasteiger partial charge in [0.2, 0.25) is 5.91 Å². The Balaban J connectivity index is 1.41. The number of rotatable bonds is 3. The fourth-order valence-corrected chi connectivity index (χ4v) is 3.96. The van der Waals surface area contributed by atoms with Crippen molar-refractivity contribution in [3.63, 3.8) is 0 Å². The summed E-state index contributed by atoms with van der Waals surface area (Å²) >= 11 is 0. The van der Waals surface area contributed by atoms with Gasteiger partial charge in [0.25, 0.3) is 0 Å². The van der Waals surface area contributed by atoms with Gasteiger partial charge < -0.3 is 9.80 Å². The molecule has 0 bridgehead atoms. The van der Waals surface area contributed by atoms with Gasteiger partial charge in [-0.3, -0.25) is 4.79 Å². The second-order valence-corrected chi connectivity index (χ2v) is 6.93. The average molecular weight is 340 g/mol. The molecule has 0 unspecified atom stereocenters.